The lowest BCUT2D eigenvalue weighted by atomic mass is 9.95. The molecule has 0 bridgehead atoms. The zero-order chi connectivity index (χ0) is 13.7. The van der Waals surface area contributed by atoms with Crippen molar-refractivity contribution in [3.63, 3.8) is 0 Å². The minimum Gasteiger partial charge on any atom is -0.396 e. The van der Waals surface area contributed by atoms with E-state index in [1.165, 1.54) is 18.1 Å². The molecular formula is C13H18N4OS. The highest BCUT2D eigenvalue weighted by Crippen LogP contribution is 2.25. The van der Waals surface area contributed by atoms with Crippen LogP contribution in [0.3, 0.4) is 0 Å². The van der Waals surface area contributed by atoms with E-state index in [9.17, 15) is 5.11 Å². The van der Waals surface area contributed by atoms with Crippen molar-refractivity contribution >= 4 is 17.4 Å². The van der Waals surface area contributed by atoms with E-state index in [4.69, 9.17) is 0 Å². The van der Waals surface area contributed by atoms with Gasteiger partial charge in [-0.2, -0.15) is 5.10 Å². The number of aromatic nitrogens is 3. The number of nitrogens with one attached hydrogen (secondary N) is 2. The lowest BCUT2D eigenvalue weighted by Gasteiger charge is -2.22. The number of benzene rings is 1. The fourth-order valence-corrected chi connectivity index (χ4v) is 2.09. The molecule has 0 saturated carbocycles. The van der Waals surface area contributed by atoms with E-state index in [0.717, 1.165) is 22.3 Å². The van der Waals surface area contributed by atoms with Crippen LogP contribution >= 0.6 is 11.8 Å². The Kier molecular flexibility index (Phi) is 4.44. The van der Waals surface area contributed by atoms with Crippen LogP contribution in [0.15, 0.2) is 40.6 Å². The van der Waals surface area contributed by atoms with Gasteiger partial charge in [-0.25, -0.2) is 4.98 Å². The van der Waals surface area contributed by atoms with Crippen molar-refractivity contribution in [3.8, 4) is 0 Å². The fraction of sp³-hybridized carbons (Fsp3) is 0.385. The van der Waals surface area contributed by atoms with Crippen LogP contribution in [0, 0.1) is 5.41 Å². The van der Waals surface area contributed by atoms with Gasteiger partial charge in [-0.1, -0.05) is 25.6 Å². The van der Waals surface area contributed by atoms with Gasteiger partial charge in [0.05, 0.1) is 0 Å². The predicted octanol–water partition coefficient (Wildman–Crippen LogP) is 2.39. The third kappa shape index (κ3) is 4.25. The molecule has 1 aromatic heterocycles. The van der Waals surface area contributed by atoms with Crippen molar-refractivity contribution in [3.05, 3.63) is 30.6 Å². The standard InChI is InChI=1S/C13H18N4OS/c1-13(2,8-18)7-14-10-3-5-11(6-4-10)19-12-15-9-16-17-12/h3-6,9,14,18H,7-8H2,1-2H3,(H,15,16,17). The second-order valence-corrected chi connectivity index (χ2v) is 6.16. The Morgan fingerprint density at radius 1 is 1.32 bits per heavy atom. The second-order valence-electron chi connectivity index (χ2n) is 5.09. The van der Waals surface area contributed by atoms with Crippen LogP contribution in [0.25, 0.3) is 0 Å². The molecule has 5 nitrogen and oxygen atoms in total. The number of aliphatic hydroxyl groups is 1. The number of aliphatic hydroxyl groups excluding tert-OH is 1. The van der Waals surface area contributed by atoms with Gasteiger partial charge in [0.2, 0.25) is 0 Å². The van der Waals surface area contributed by atoms with E-state index in [-0.39, 0.29) is 12.0 Å². The molecule has 19 heavy (non-hydrogen) atoms. The lowest BCUT2D eigenvalue weighted by Crippen LogP contribution is -2.26. The summed E-state index contributed by atoms with van der Waals surface area (Å²) >= 11 is 1.53. The summed E-state index contributed by atoms with van der Waals surface area (Å²) < 4.78 is 0. The number of H-pyrrole nitrogens is 1. The average Bonchev–Trinajstić information content (AvgIpc) is 2.91. The first kappa shape index (κ1) is 13.9. The number of hydrogen-bond donors (Lipinski definition) is 3. The maximum absolute atomic E-state index is 9.20. The normalized spacial score (nSPS) is 11.5. The third-order valence-electron chi connectivity index (χ3n) is 2.66. The van der Waals surface area contributed by atoms with Crippen molar-refractivity contribution in [2.24, 2.45) is 5.41 Å². The van der Waals surface area contributed by atoms with Gasteiger partial charge in [-0.15, -0.1) is 0 Å². The van der Waals surface area contributed by atoms with E-state index in [0.29, 0.717) is 0 Å². The van der Waals surface area contributed by atoms with E-state index in [1.807, 2.05) is 38.1 Å². The zero-order valence-electron chi connectivity index (χ0n) is 11.1. The Hall–Kier alpha value is -1.53. The van der Waals surface area contributed by atoms with Crippen LogP contribution in [0.5, 0.6) is 0 Å². The van der Waals surface area contributed by atoms with Gasteiger partial charge in [-0.05, 0) is 24.3 Å². The van der Waals surface area contributed by atoms with Gasteiger partial charge in [-0.3, -0.25) is 5.10 Å². The van der Waals surface area contributed by atoms with Gasteiger partial charge in [0.25, 0.3) is 0 Å². The molecule has 0 aliphatic heterocycles. The molecule has 0 aliphatic rings. The maximum atomic E-state index is 9.20. The summed E-state index contributed by atoms with van der Waals surface area (Å²) in [4.78, 5) is 5.17. The molecule has 0 spiro atoms. The fourth-order valence-electron chi connectivity index (χ4n) is 1.39. The summed E-state index contributed by atoms with van der Waals surface area (Å²) in [6, 6.07) is 8.10. The Morgan fingerprint density at radius 3 is 2.63 bits per heavy atom. The molecule has 0 fully saturated rings. The number of rotatable bonds is 6. The molecule has 1 aromatic carbocycles. The molecule has 0 atom stereocenters. The van der Waals surface area contributed by atoms with Crippen molar-refractivity contribution < 1.29 is 5.11 Å². The molecule has 0 amide bonds. The summed E-state index contributed by atoms with van der Waals surface area (Å²) in [6.07, 6.45) is 1.50. The largest absolute Gasteiger partial charge is 0.396 e. The van der Waals surface area contributed by atoms with Crippen molar-refractivity contribution in [1.29, 1.82) is 0 Å². The molecular weight excluding hydrogens is 260 g/mol. The van der Waals surface area contributed by atoms with Gasteiger partial charge < -0.3 is 10.4 Å². The predicted molar refractivity (Wildman–Crippen MR) is 76.3 cm³/mol. The van der Waals surface area contributed by atoms with Crippen molar-refractivity contribution in [2.75, 3.05) is 18.5 Å². The van der Waals surface area contributed by atoms with Crippen LogP contribution < -0.4 is 5.32 Å². The molecule has 3 N–H and O–H groups in total. The quantitative estimate of drug-likeness (QED) is 0.756. The SMILES string of the molecule is CC(C)(CO)CNc1ccc(Sc2ncn[nH]2)cc1. The van der Waals surface area contributed by atoms with E-state index in [1.54, 1.807) is 0 Å². The minimum absolute atomic E-state index is 0.118. The van der Waals surface area contributed by atoms with E-state index < -0.39 is 0 Å². The Balaban J connectivity index is 1.91. The van der Waals surface area contributed by atoms with Crippen molar-refractivity contribution in [2.45, 2.75) is 23.9 Å². The smallest absolute Gasteiger partial charge is 0.188 e. The summed E-state index contributed by atoms with van der Waals surface area (Å²) in [5.41, 5.74) is 0.927. The van der Waals surface area contributed by atoms with Gasteiger partial charge in [0.15, 0.2) is 5.16 Å². The molecule has 2 rings (SSSR count). The molecule has 0 saturated heterocycles. The van der Waals surface area contributed by atoms with Gasteiger partial charge in [0, 0.05) is 29.1 Å². The Bertz CT molecular complexity index is 496. The molecule has 6 heteroatoms. The molecule has 0 radical (unpaired) electrons. The maximum Gasteiger partial charge on any atom is 0.188 e. The first-order valence-electron chi connectivity index (χ1n) is 6.07. The highest BCUT2D eigenvalue weighted by molar-refractivity contribution is 7.99. The molecule has 1 heterocycles. The van der Waals surface area contributed by atoms with Crippen molar-refractivity contribution in [1.82, 2.24) is 15.2 Å². The van der Waals surface area contributed by atoms with E-state index >= 15 is 0 Å². The number of anilines is 1. The average molecular weight is 278 g/mol. The first-order valence-corrected chi connectivity index (χ1v) is 6.89. The highest BCUT2D eigenvalue weighted by Gasteiger charge is 2.15. The minimum atomic E-state index is -0.118. The topological polar surface area (TPSA) is 73.8 Å². The monoisotopic (exact) mass is 278 g/mol. The molecule has 102 valence electrons. The first-order chi connectivity index (χ1) is 9.09. The summed E-state index contributed by atoms with van der Waals surface area (Å²) in [6.45, 7) is 4.94. The molecule has 0 aliphatic carbocycles. The zero-order valence-corrected chi connectivity index (χ0v) is 11.9. The third-order valence-corrected chi connectivity index (χ3v) is 3.56. The highest BCUT2D eigenvalue weighted by atomic mass is 32.2. The molecule has 0 unspecified atom stereocenters. The number of aromatic amines is 1. The van der Waals surface area contributed by atoms with E-state index in [2.05, 4.69) is 20.5 Å². The second kappa shape index (κ2) is 6.08. The summed E-state index contributed by atoms with van der Waals surface area (Å²) in [5, 5.41) is 19.9. The number of hydrogen-bond acceptors (Lipinski definition) is 5. The summed E-state index contributed by atoms with van der Waals surface area (Å²) in [5.74, 6) is 0. The van der Waals surface area contributed by atoms with Crippen LogP contribution in [-0.2, 0) is 0 Å². The van der Waals surface area contributed by atoms with Crippen LogP contribution in [0.1, 0.15) is 13.8 Å². The van der Waals surface area contributed by atoms with Crippen LogP contribution in [-0.4, -0.2) is 33.4 Å². The van der Waals surface area contributed by atoms with Crippen LogP contribution in [0.2, 0.25) is 0 Å². The van der Waals surface area contributed by atoms with Gasteiger partial charge in [0.1, 0.15) is 6.33 Å². The Morgan fingerprint density at radius 2 is 2.05 bits per heavy atom. The molecule has 2 aromatic rings. The summed E-state index contributed by atoms with van der Waals surface area (Å²) in [7, 11) is 0. The Labute approximate surface area is 116 Å². The van der Waals surface area contributed by atoms with Crippen LogP contribution in [0.4, 0.5) is 5.69 Å². The number of nitrogens with zero attached hydrogens (tertiary/aromatic N) is 2. The van der Waals surface area contributed by atoms with Gasteiger partial charge >= 0.3 is 0 Å². The lowest BCUT2D eigenvalue weighted by molar-refractivity contribution is 0.171.